The summed E-state index contributed by atoms with van der Waals surface area (Å²) in [6.45, 7) is 3.61. The number of hydrogen-bond donors (Lipinski definition) is 3. The van der Waals surface area contributed by atoms with Crippen molar-refractivity contribution >= 4 is 11.9 Å². The number of guanidine groups is 1. The number of aliphatic imine (C=N–C) groups is 1. The first kappa shape index (κ1) is 20.1. The smallest absolute Gasteiger partial charge is 0.284 e. The van der Waals surface area contributed by atoms with Gasteiger partial charge < -0.3 is 20.8 Å². The molecule has 4 N–H and O–H groups in total. The topological polar surface area (TPSA) is 92.6 Å². The van der Waals surface area contributed by atoms with Crippen molar-refractivity contribution in [2.24, 2.45) is 10.7 Å². The number of rotatable bonds is 12. The standard InChI is InChI=1S/C18H32N4O2/c1-3-4-5-6-7-8-9-10-13-21-18(20-2)22-14-15-11-12-16(24-15)17(19)23/h11-12H,3-10,13-14H2,1-2H3,(H2,19,23)(H2,20,21,22). The van der Waals surface area contributed by atoms with E-state index in [9.17, 15) is 4.79 Å². The van der Waals surface area contributed by atoms with Crippen molar-refractivity contribution in [2.45, 2.75) is 64.8 Å². The van der Waals surface area contributed by atoms with Gasteiger partial charge in [-0.2, -0.15) is 0 Å². The van der Waals surface area contributed by atoms with Crippen LogP contribution in [0.3, 0.4) is 0 Å². The van der Waals surface area contributed by atoms with Crippen molar-refractivity contribution in [2.75, 3.05) is 13.6 Å². The predicted molar refractivity (Wildman–Crippen MR) is 98.0 cm³/mol. The van der Waals surface area contributed by atoms with E-state index >= 15 is 0 Å². The van der Waals surface area contributed by atoms with E-state index in [-0.39, 0.29) is 5.76 Å². The molecule has 0 saturated carbocycles. The van der Waals surface area contributed by atoms with Crippen LogP contribution >= 0.6 is 0 Å². The maximum absolute atomic E-state index is 11.0. The average molecular weight is 336 g/mol. The fourth-order valence-electron chi connectivity index (χ4n) is 2.46. The van der Waals surface area contributed by atoms with Crippen molar-refractivity contribution in [3.63, 3.8) is 0 Å². The Morgan fingerprint density at radius 2 is 1.75 bits per heavy atom. The lowest BCUT2D eigenvalue weighted by Gasteiger charge is -2.10. The highest BCUT2D eigenvalue weighted by Crippen LogP contribution is 2.08. The summed E-state index contributed by atoms with van der Waals surface area (Å²) in [6, 6.07) is 3.31. The minimum Gasteiger partial charge on any atom is -0.454 e. The summed E-state index contributed by atoms with van der Waals surface area (Å²) in [4.78, 5) is 15.2. The molecule has 24 heavy (non-hydrogen) atoms. The van der Waals surface area contributed by atoms with E-state index in [4.69, 9.17) is 10.2 Å². The Morgan fingerprint density at radius 1 is 1.08 bits per heavy atom. The Morgan fingerprint density at radius 3 is 2.33 bits per heavy atom. The Balaban J connectivity index is 2.09. The Bertz CT molecular complexity index is 497. The van der Waals surface area contributed by atoms with Crippen LogP contribution in [0.25, 0.3) is 0 Å². The zero-order chi connectivity index (χ0) is 17.6. The minimum atomic E-state index is -0.557. The molecule has 0 radical (unpaired) electrons. The highest BCUT2D eigenvalue weighted by Gasteiger charge is 2.07. The molecule has 0 bridgehead atoms. The van der Waals surface area contributed by atoms with Crippen LogP contribution in [-0.2, 0) is 6.54 Å². The number of nitrogens with one attached hydrogen (secondary N) is 2. The number of hydrogen-bond acceptors (Lipinski definition) is 3. The maximum Gasteiger partial charge on any atom is 0.284 e. The number of amides is 1. The molecule has 1 aromatic heterocycles. The van der Waals surface area contributed by atoms with Gasteiger partial charge in [-0.15, -0.1) is 0 Å². The van der Waals surface area contributed by atoms with E-state index in [1.165, 1.54) is 44.9 Å². The van der Waals surface area contributed by atoms with Gasteiger partial charge in [-0.25, -0.2) is 0 Å². The van der Waals surface area contributed by atoms with Crippen LogP contribution in [0.15, 0.2) is 21.5 Å². The second-order valence-electron chi connectivity index (χ2n) is 5.96. The molecule has 6 nitrogen and oxygen atoms in total. The molecule has 1 heterocycles. The normalized spacial score (nSPS) is 11.5. The predicted octanol–water partition coefficient (Wildman–Crippen LogP) is 3.18. The monoisotopic (exact) mass is 336 g/mol. The number of unbranched alkanes of at least 4 members (excludes halogenated alkanes) is 7. The largest absolute Gasteiger partial charge is 0.454 e. The molecule has 0 fully saturated rings. The van der Waals surface area contributed by atoms with Gasteiger partial charge >= 0.3 is 0 Å². The van der Waals surface area contributed by atoms with Crippen LogP contribution in [0.5, 0.6) is 0 Å². The van der Waals surface area contributed by atoms with Crippen molar-refractivity contribution in [1.29, 1.82) is 0 Å². The minimum absolute atomic E-state index is 0.175. The summed E-state index contributed by atoms with van der Waals surface area (Å²) in [5, 5.41) is 6.44. The summed E-state index contributed by atoms with van der Waals surface area (Å²) < 4.78 is 5.32. The summed E-state index contributed by atoms with van der Waals surface area (Å²) >= 11 is 0. The summed E-state index contributed by atoms with van der Waals surface area (Å²) in [5.41, 5.74) is 5.16. The lowest BCUT2D eigenvalue weighted by molar-refractivity contribution is 0.0972. The molecule has 0 spiro atoms. The molecule has 1 amide bonds. The van der Waals surface area contributed by atoms with Crippen LogP contribution < -0.4 is 16.4 Å². The van der Waals surface area contributed by atoms with E-state index in [1.807, 2.05) is 0 Å². The van der Waals surface area contributed by atoms with Crippen molar-refractivity contribution in [3.8, 4) is 0 Å². The molecule has 0 saturated heterocycles. The summed E-state index contributed by atoms with van der Waals surface area (Å²) in [7, 11) is 1.74. The van der Waals surface area contributed by atoms with Crippen LogP contribution in [0.4, 0.5) is 0 Å². The number of furan rings is 1. The third-order valence-corrected chi connectivity index (χ3v) is 3.88. The Kier molecular flexibility index (Phi) is 10.4. The van der Waals surface area contributed by atoms with Gasteiger partial charge in [0, 0.05) is 13.6 Å². The van der Waals surface area contributed by atoms with E-state index in [2.05, 4.69) is 22.5 Å². The van der Waals surface area contributed by atoms with E-state index in [0.29, 0.717) is 12.3 Å². The zero-order valence-corrected chi connectivity index (χ0v) is 15.1. The van der Waals surface area contributed by atoms with E-state index < -0.39 is 5.91 Å². The number of primary amides is 1. The Labute approximate surface area is 145 Å². The van der Waals surface area contributed by atoms with Gasteiger partial charge in [-0.05, 0) is 18.6 Å². The Hall–Kier alpha value is -1.98. The van der Waals surface area contributed by atoms with Gasteiger partial charge in [0.15, 0.2) is 11.7 Å². The number of nitrogens with two attached hydrogens (primary N) is 1. The van der Waals surface area contributed by atoms with Gasteiger partial charge in [-0.1, -0.05) is 51.9 Å². The molecule has 0 aliphatic heterocycles. The van der Waals surface area contributed by atoms with Gasteiger partial charge in [0.2, 0.25) is 0 Å². The first-order valence-electron chi connectivity index (χ1n) is 9.00. The fraction of sp³-hybridized carbons (Fsp3) is 0.667. The van der Waals surface area contributed by atoms with Crippen LogP contribution in [0.1, 0.15) is 74.6 Å². The van der Waals surface area contributed by atoms with Gasteiger partial charge in [-0.3, -0.25) is 9.79 Å². The van der Waals surface area contributed by atoms with Crippen LogP contribution in [0.2, 0.25) is 0 Å². The van der Waals surface area contributed by atoms with Crippen molar-refractivity contribution < 1.29 is 9.21 Å². The fourth-order valence-corrected chi connectivity index (χ4v) is 2.46. The second kappa shape index (κ2) is 12.4. The second-order valence-corrected chi connectivity index (χ2v) is 5.96. The molecule has 0 aromatic carbocycles. The van der Waals surface area contributed by atoms with Gasteiger partial charge in [0.05, 0.1) is 6.54 Å². The SMILES string of the molecule is CCCCCCCCCCNC(=NC)NCc1ccc(C(N)=O)o1. The van der Waals surface area contributed by atoms with Crippen LogP contribution in [0, 0.1) is 0 Å². The lowest BCUT2D eigenvalue weighted by Crippen LogP contribution is -2.37. The molecule has 6 heteroatoms. The number of nitrogens with zero attached hydrogens (tertiary/aromatic N) is 1. The summed E-state index contributed by atoms with van der Waals surface area (Å²) in [6.07, 6.45) is 10.4. The van der Waals surface area contributed by atoms with Crippen molar-refractivity contribution in [3.05, 3.63) is 23.7 Å². The van der Waals surface area contributed by atoms with E-state index in [1.54, 1.807) is 19.2 Å². The quantitative estimate of drug-likeness (QED) is 0.310. The third-order valence-electron chi connectivity index (χ3n) is 3.88. The molecular weight excluding hydrogens is 304 g/mol. The molecule has 0 aliphatic carbocycles. The molecule has 0 unspecified atom stereocenters. The first-order chi connectivity index (χ1) is 11.7. The molecule has 136 valence electrons. The highest BCUT2D eigenvalue weighted by atomic mass is 16.3. The molecule has 1 rings (SSSR count). The first-order valence-corrected chi connectivity index (χ1v) is 9.00. The maximum atomic E-state index is 11.0. The van der Waals surface area contributed by atoms with E-state index in [0.717, 1.165) is 18.9 Å². The average Bonchev–Trinajstić information content (AvgIpc) is 3.05. The molecule has 0 aliphatic rings. The van der Waals surface area contributed by atoms with Gasteiger partial charge in [0.25, 0.3) is 5.91 Å². The number of carbonyl (C=O) groups is 1. The third kappa shape index (κ3) is 8.60. The van der Waals surface area contributed by atoms with Crippen LogP contribution in [-0.4, -0.2) is 25.5 Å². The molecule has 0 atom stereocenters. The van der Waals surface area contributed by atoms with Gasteiger partial charge in [0.1, 0.15) is 5.76 Å². The molecular formula is C18H32N4O2. The highest BCUT2D eigenvalue weighted by molar-refractivity contribution is 5.89. The zero-order valence-electron chi connectivity index (χ0n) is 15.1. The summed E-state index contributed by atoms with van der Waals surface area (Å²) in [5.74, 6) is 1.00. The number of carbonyl (C=O) groups excluding carboxylic acids is 1. The van der Waals surface area contributed by atoms with Crippen molar-refractivity contribution in [1.82, 2.24) is 10.6 Å². The molecule has 1 aromatic rings. The lowest BCUT2D eigenvalue weighted by atomic mass is 10.1.